The standard InChI is InChI=1S/C23H30N6O/c1-14-16(15(2)29(6)28-14)13-24-27-21(30)23(5)12-11-17(22(23,3)4)20-25-18-9-7-8-10-19(18)26-20/h7-10,13,17H,11-12H2,1-6H3,(H,25,26)(H,27,30)/b24-13-/t17-,23+/m0/s1. The minimum absolute atomic E-state index is 0.0541. The van der Waals surface area contributed by atoms with Gasteiger partial charge in [-0.3, -0.25) is 9.48 Å². The number of nitrogens with one attached hydrogen (secondary N) is 2. The highest BCUT2D eigenvalue weighted by atomic mass is 16.2. The highest BCUT2D eigenvalue weighted by Gasteiger charge is 2.57. The van der Waals surface area contributed by atoms with Crippen LogP contribution >= 0.6 is 0 Å². The average molecular weight is 407 g/mol. The number of aromatic nitrogens is 4. The van der Waals surface area contributed by atoms with E-state index in [-0.39, 0.29) is 17.2 Å². The van der Waals surface area contributed by atoms with E-state index >= 15 is 0 Å². The molecule has 3 aromatic rings. The van der Waals surface area contributed by atoms with Gasteiger partial charge in [-0.05, 0) is 44.2 Å². The fourth-order valence-electron chi connectivity index (χ4n) is 4.78. The van der Waals surface area contributed by atoms with Crippen molar-refractivity contribution in [3.63, 3.8) is 0 Å². The Morgan fingerprint density at radius 1 is 1.30 bits per heavy atom. The number of aromatic amines is 1. The molecule has 0 bridgehead atoms. The van der Waals surface area contributed by atoms with Crippen molar-refractivity contribution in [1.82, 2.24) is 25.2 Å². The quantitative estimate of drug-likeness (QED) is 0.507. The van der Waals surface area contributed by atoms with E-state index in [1.807, 2.05) is 56.8 Å². The number of hydrazone groups is 1. The number of para-hydroxylation sites is 2. The zero-order valence-electron chi connectivity index (χ0n) is 18.6. The van der Waals surface area contributed by atoms with E-state index in [0.29, 0.717) is 0 Å². The van der Waals surface area contributed by atoms with Gasteiger partial charge in [-0.15, -0.1) is 0 Å². The lowest BCUT2D eigenvalue weighted by Gasteiger charge is -2.39. The predicted molar refractivity (Wildman–Crippen MR) is 118 cm³/mol. The van der Waals surface area contributed by atoms with Crippen molar-refractivity contribution < 1.29 is 4.79 Å². The Morgan fingerprint density at radius 3 is 2.70 bits per heavy atom. The van der Waals surface area contributed by atoms with Gasteiger partial charge in [0.15, 0.2) is 0 Å². The Labute approximate surface area is 177 Å². The van der Waals surface area contributed by atoms with Crippen molar-refractivity contribution in [1.29, 1.82) is 0 Å². The summed E-state index contributed by atoms with van der Waals surface area (Å²) >= 11 is 0. The van der Waals surface area contributed by atoms with Crippen LogP contribution in [-0.2, 0) is 11.8 Å². The molecule has 1 saturated carbocycles. The Hall–Kier alpha value is -2.96. The lowest BCUT2D eigenvalue weighted by Crippen LogP contribution is -2.45. The van der Waals surface area contributed by atoms with Gasteiger partial charge in [-0.2, -0.15) is 10.2 Å². The summed E-state index contributed by atoms with van der Waals surface area (Å²) in [6, 6.07) is 8.05. The highest BCUT2D eigenvalue weighted by Crippen LogP contribution is 2.59. The molecule has 1 aromatic carbocycles. The van der Waals surface area contributed by atoms with E-state index in [1.165, 1.54) is 0 Å². The van der Waals surface area contributed by atoms with Crippen molar-refractivity contribution in [2.45, 2.75) is 53.4 Å². The van der Waals surface area contributed by atoms with Crippen LogP contribution in [0.4, 0.5) is 0 Å². The van der Waals surface area contributed by atoms with Crippen LogP contribution in [0.15, 0.2) is 29.4 Å². The van der Waals surface area contributed by atoms with Gasteiger partial charge in [-0.1, -0.05) is 32.9 Å². The predicted octanol–water partition coefficient (Wildman–Crippen LogP) is 3.97. The zero-order chi connectivity index (χ0) is 21.7. The van der Waals surface area contributed by atoms with Gasteiger partial charge in [-0.25, -0.2) is 10.4 Å². The third kappa shape index (κ3) is 3.04. The van der Waals surface area contributed by atoms with Gasteiger partial charge >= 0.3 is 0 Å². The van der Waals surface area contributed by atoms with Crippen LogP contribution in [0.25, 0.3) is 11.0 Å². The van der Waals surface area contributed by atoms with Crippen LogP contribution < -0.4 is 5.43 Å². The van der Waals surface area contributed by atoms with E-state index < -0.39 is 5.41 Å². The van der Waals surface area contributed by atoms with Crippen LogP contribution in [-0.4, -0.2) is 31.9 Å². The van der Waals surface area contributed by atoms with Crippen LogP contribution in [0.2, 0.25) is 0 Å². The van der Waals surface area contributed by atoms with Crippen molar-refractivity contribution in [2.75, 3.05) is 0 Å². The number of aryl methyl sites for hydroxylation is 2. The molecule has 1 aliphatic carbocycles. The van der Waals surface area contributed by atoms with Crippen LogP contribution in [0, 0.1) is 24.7 Å². The first kappa shape index (κ1) is 20.3. The van der Waals surface area contributed by atoms with E-state index in [2.05, 4.69) is 34.5 Å². The molecule has 7 heteroatoms. The monoisotopic (exact) mass is 406 g/mol. The molecule has 158 valence electrons. The molecule has 1 amide bonds. The number of amides is 1. The van der Waals surface area contributed by atoms with E-state index in [9.17, 15) is 4.79 Å². The summed E-state index contributed by atoms with van der Waals surface area (Å²) in [7, 11) is 1.90. The molecule has 2 atom stereocenters. The summed E-state index contributed by atoms with van der Waals surface area (Å²) in [5, 5.41) is 8.65. The van der Waals surface area contributed by atoms with Crippen LogP contribution in [0.5, 0.6) is 0 Å². The minimum atomic E-state index is -0.549. The van der Waals surface area contributed by atoms with E-state index in [4.69, 9.17) is 4.98 Å². The lowest BCUT2D eigenvalue weighted by atomic mass is 9.65. The molecule has 30 heavy (non-hydrogen) atoms. The largest absolute Gasteiger partial charge is 0.342 e. The zero-order valence-corrected chi connectivity index (χ0v) is 18.6. The number of H-pyrrole nitrogens is 1. The smallest absolute Gasteiger partial charge is 0.246 e. The van der Waals surface area contributed by atoms with Crippen LogP contribution in [0.1, 0.15) is 62.3 Å². The van der Waals surface area contributed by atoms with Crippen LogP contribution in [0.3, 0.4) is 0 Å². The molecular formula is C23H30N6O. The molecule has 1 fully saturated rings. The number of carbonyl (C=O) groups excluding carboxylic acids is 1. The number of benzene rings is 1. The summed E-state index contributed by atoms with van der Waals surface area (Å²) in [6.07, 6.45) is 3.38. The summed E-state index contributed by atoms with van der Waals surface area (Å²) < 4.78 is 1.82. The number of fused-ring (bicyclic) bond motifs is 1. The Kier molecular flexibility index (Phi) is 4.79. The Morgan fingerprint density at radius 2 is 2.03 bits per heavy atom. The molecule has 0 spiro atoms. The molecule has 0 radical (unpaired) electrons. The highest BCUT2D eigenvalue weighted by molar-refractivity contribution is 5.87. The number of hydrogen-bond donors (Lipinski definition) is 2. The van der Waals surface area contributed by atoms with Gasteiger partial charge in [0.2, 0.25) is 5.91 Å². The number of imidazole rings is 1. The van der Waals surface area contributed by atoms with E-state index in [0.717, 1.165) is 46.7 Å². The maximum atomic E-state index is 13.2. The number of rotatable bonds is 4. The first-order valence-electron chi connectivity index (χ1n) is 10.4. The number of hydrogen-bond acceptors (Lipinski definition) is 4. The normalized spacial score (nSPS) is 23.5. The SMILES string of the molecule is Cc1nn(C)c(C)c1/C=N\NC(=O)[C@@]1(C)CC[C@@H](c2nc3ccccc3[nH]2)C1(C)C. The van der Waals surface area contributed by atoms with Crippen molar-refractivity contribution in [2.24, 2.45) is 23.0 Å². The van der Waals surface area contributed by atoms with Gasteiger partial charge in [0, 0.05) is 24.2 Å². The van der Waals surface area contributed by atoms with Gasteiger partial charge in [0.25, 0.3) is 0 Å². The van der Waals surface area contributed by atoms with Crippen molar-refractivity contribution in [3.05, 3.63) is 47.0 Å². The summed E-state index contributed by atoms with van der Waals surface area (Å²) in [4.78, 5) is 21.5. The second kappa shape index (κ2) is 7.07. The molecule has 1 aliphatic rings. The molecule has 2 aromatic heterocycles. The molecule has 2 N–H and O–H groups in total. The number of carbonyl (C=O) groups is 1. The maximum absolute atomic E-state index is 13.2. The third-order valence-corrected chi connectivity index (χ3v) is 7.39. The molecule has 0 aliphatic heterocycles. The number of nitrogens with zero attached hydrogens (tertiary/aromatic N) is 4. The Bertz CT molecular complexity index is 1100. The third-order valence-electron chi connectivity index (χ3n) is 7.39. The summed E-state index contributed by atoms with van der Waals surface area (Å²) in [6.45, 7) is 10.3. The van der Waals surface area contributed by atoms with Crippen molar-refractivity contribution >= 4 is 23.2 Å². The van der Waals surface area contributed by atoms with E-state index in [1.54, 1.807) is 6.21 Å². The van der Waals surface area contributed by atoms with Crippen molar-refractivity contribution in [3.8, 4) is 0 Å². The minimum Gasteiger partial charge on any atom is -0.342 e. The molecular weight excluding hydrogens is 376 g/mol. The fraction of sp³-hybridized carbons (Fsp3) is 0.478. The molecule has 2 heterocycles. The Balaban J connectivity index is 1.54. The van der Waals surface area contributed by atoms with Gasteiger partial charge in [0.1, 0.15) is 5.82 Å². The topological polar surface area (TPSA) is 88.0 Å². The molecule has 0 saturated heterocycles. The summed E-state index contributed by atoms with van der Waals surface area (Å²) in [5.74, 6) is 1.08. The van der Waals surface area contributed by atoms with Gasteiger partial charge in [0.05, 0.1) is 28.4 Å². The fourth-order valence-corrected chi connectivity index (χ4v) is 4.78. The summed E-state index contributed by atoms with van der Waals surface area (Å²) in [5.41, 5.74) is 6.82. The molecule has 4 rings (SSSR count). The maximum Gasteiger partial charge on any atom is 0.246 e. The second-order valence-electron chi connectivity index (χ2n) is 9.19. The molecule has 7 nitrogen and oxygen atoms in total. The first-order chi connectivity index (χ1) is 14.1. The lowest BCUT2D eigenvalue weighted by molar-refractivity contribution is -0.135. The average Bonchev–Trinajstić information content (AvgIpc) is 3.30. The van der Waals surface area contributed by atoms with Gasteiger partial charge < -0.3 is 4.98 Å². The first-order valence-corrected chi connectivity index (χ1v) is 10.4. The molecule has 0 unspecified atom stereocenters. The second-order valence-corrected chi connectivity index (χ2v) is 9.19.